The van der Waals surface area contributed by atoms with Crippen LogP contribution in [0.1, 0.15) is 31.7 Å². The summed E-state index contributed by atoms with van der Waals surface area (Å²) in [6.07, 6.45) is 1.14. The van der Waals surface area contributed by atoms with Gasteiger partial charge in [-0.05, 0) is 31.6 Å². The predicted molar refractivity (Wildman–Crippen MR) is 81.9 cm³/mol. The fourth-order valence-corrected chi connectivity index (χ4v) is 2.65. The zero-order valence-corrected chi connectivity index (χ0v) is 12.1. The van der Waals surface area contributed by atoms with Crippen LogP contribution < -0.4 is 5.32 Å². The van der Waals surface area contributed by atoms with E-state index in [9.17, 15) is 0 Å². The summed E-state index contributed by atoms with van der Waals surface area (Å²) < 4.78 is 0. The van der Waals surface area contributed by atoms with Gasteiger partial charge in [0.05, 0.1) is 6.54 Å². The van der Waals surface area contributed by atoms with Crippen LogP contribution in [0.4, 0.5) is 0 Å². The molecular formula is C16H25N3. The molecule has 0 bridgehead atoms. The minimum atomic E-state index is 0.421. The molecule has 1 heterocycles. The number of hydrogen-bond acceptors (Lipinski definition) is 3. The van der Waals surface area contributed by atoms with Crippen LogP contribution in [0.5, 0.6) is 0 Å². The Morgan fingerprint density at radius 2 is 1.95 bits per heavy atom. The van der Waals surface area contributed by atoms with E-state index in [1.54, 1.807) is 0 Å². The third-order valence-corrected chi connectivity index (χ3v) is 3.86. The average Bonchev–Trinajstić information content (AvgIpc) is 2.99. The lowest BCUT2D eigenvalue weighted by molar-refractivity contribution is 0.297. The average molecular weight is 259 g/mol. The van der Waals surface area contributed by atoms with Crippen molar-refractivity contribution in [3.05, 3.63) is 35.9 Å². The van der Waals surface area contributed by atoms with Crippen molar-refractivity contribution < 1.29 is 0 Å². The first-order valence-corrected chi connectivity index (χ1v) is 7.40. The standard InChI is InChI=1S/C16H25N3/c1-3-19(4-2)13-10-15(16-17-11-12-18-16)14-8-6-5-7-9-14/h5-9,15H,3-4,10-13H2,1-2H3,(H,17,18). The molecule has 0 spiro atoms. The van der Waals surface area contributed by atoms with Gasteiger partial charge in [0.1, 0.15) is 5.84 Å². The molecule has 104 valence electrons. The van der Waals surface area contributed by atoms with Crippen LogP contribution in [-0.4, -0.2) is 43.5 Å². The van der Waals surface area contributed by atoms with Gasteiger partial charge in [0, 0.05) is 12.5 Å². The van der Waals surface area contributed by atoms with Crippen LogP contribution in [0.2, 0.25) is 0 Å². The first kappa shape index (κ1) is 14.1. The van der Waals surface area contributed by atoms with Gasteiger partial charge in [-0.1, -0.05) is 44.2 Å². The van der Waals surface area contributed by atoms with Crippen molar-refractivity contribution in [1.29, 1.82) is 0 Å². The second-order valence-electron chi connectivity index (χ2n) is 4.97. The molecule has 0 aromatic heterocycles. The topological polar surface area (TPSA) is 27.6 Å². The monoisotopic (exact) mass is 259 g/mol. The van der Waals surface area contributed by atoms with E-state index >= 15 is 0 Å². The Labute approximate surface area is 116 Å². The van der Waals surface area contributed by atoms with E-state index in [1.807, 2.05) is 0 Å². The third kappa shape index (κ3) is 3.80. The molecular weight excluding hydrogens is 234 g/mol. The molecule has 1 aliphatic heterocycles. The van der Waals surface area contributed by atoms with E-state index in [0.29, 0.717) is 5.92 Å². The van der Waals surface area contributed by atoms with Crippen molar-refractivity contribution in [2.75, 3.05) is 32.7 Å². The Hall–Kier alpha value is -1.35. The summed E-state index contributed by atoms with van der Waals surface area (Å²) >= 11 is 0. The fourth-order valence-electron chi connectivity index (χ4n) is 2.65. The Balaban J connectivity index is 2.07. The maximum atomic E-state index is 4.63. The molecule has 1 atom stereocenters. The number of amidine groups is 1. The van der Waals surface area contributed by atoms with E-state index < -0.39 is 0 Å². The largest absolute Gasteiger partial charge is 0.371 e. The van der Waals surface area contributed by atoms with Crippen LogP contribution >= 0.6 is 0 Å². The van der Waals surface area contributed by atoms with Gasteiger partial charge in [-0.25, -0.2) is 0 Å². The summed E-state index contributed by atoms with van der Waals surface area (Å²) in [6, 6.07) is 10.8. The summed E-state index contributed by atoms with van der Waals surface area (Å²) in [6.45, 7) is 9.75. The molecule has 1 N–H and O–H groups in total. The van der Waals surface area contributed by atoms with Gasteiger partial charge in [0.15, 0.2) is 0 Å². The van der Waals surface area contributed by atoms with Gasteiger partial charge < -0.3 is 10.2 Å². The van der Waals surface area contributed by atoms with Gasteiger partial charge in [-0.15, -0.1) is 0 Å². The van der Waals surface area contributed by atoms with Crippen LogP contribution in [0.15, 0.2) is 35.3 Å². The Bertz CT molecular complexity index is 396. The van der Waals surface area contributed by atoms with Crippen molar-refractivity contribution in [1.82, 2.24) is 10.2 Å². The highest BCUT2D eigenvalue weighted by Gasteiger charge is 2.20. The molecule has 1 unspecified atom stereocenters. The maximum absolute atomic E-state index is 4.63. The maximum Gasteiger partial charge on any atom is 0.104 e. The molecule has 3 nitrogen and oxygen atoms in total. The van der Waals surface area contributed by atoms with Gasteiger partial charge in [0.25, 0.3) is 0 Å². The molecule has 0 amide bonds. The smallest absolute Gasteiger partial charge is 0.104 e. The van der Waals surface area contributed by atoms with E-state index in [2.05, 4.69) is 59.4 Å². The summed E-state index contributed by atoms with van der Waals surface area (Å²) in [5, 5.41) is 3.45. The lowest BCUT2D eigenvalue weighted by Crippen LogP contribution is -2.30. The van der Waals surface area contributed by atoms with E-state index in [4.69, 9.17) is 0 Å². The molecule has 0 saturated carbocycles. The van der Waals surface area contributed by atoms with E-state index in [1.165, 1.54) is 11.4 Å². The molecule has 3 heteroatoms. The quantitative estimate of drug-likeness (QED) is 0.815. The van der Waals surface area contributed by atoms with Gasteiger partial charge >= 0.3 is 0 Å². The minimum absolute atomic E-state index is 0.421. The van der Waals surface area contributed by atoms with E-state index in [0.717, 1.165) is 39.1 Å². The number of nitrogens with zero attached hydrogens (tertiary/aromatic N) is 2. The van der Waals surface area contributed by atoms with Crippen molar-refractivity contribution in [3.63, 3.8) is 0 Å². The number of aliphatic imine (C=N–C) groups is 1. The predicted octanol–water partition coefficient (Wildman–Crippen LogP) is 2.50. The minimum Gasteiger partial charge on any atom is -0.371 e. The number of nitrogens with one attached hydrogen (secondary N) is 1. The third-order valence-electron chi connectivity index (χ3n) is 3.86. The van der Waals surface area contributed by atoms with Crippen molar-refractivity contribution in [3.8, 4) is 0 Å². The first-order chi connectivity index (χ1) is 9.35. The number of benzene rings is 1. The zero-order valence-electron chi connectivity index (χ0n) is 12.1. The highest BCUT2D eigenvalue weighted by Crippen LogP contribution is 2.22. The SMILES string of the molecule is CCN(CC)CCC(C1=NCCN1)c1ccccc1. The molecule has 1 aliphatic rings. The molecule has 0 saturated heterocycles. The fraction of sp³-hybridized carbons (Fsp3) is 0.562. The molecule has 1 aromatic carbocycles. The van der Waals surface area contributed by atoms with Crippen LogP contribution in [-0.2, 0) is 0 Å². The Morgan fingerprint density at radius 1 is 1.21 bits per heavy atom. The molecule has 0 aliphatic carbocycles. The van der Waals surface area contributed by atoms with Crippen molar-refractivity contribution in [2.45, 2.75) is 26.2 Å². The summed E-state index contributed by atoms with van der Waals surface area (Å²) in [5.74, 6) is 1.60. The summed E-state index contributed by atoms with van der Waals surface area (Å²) in [5.41, 5.74) is 1.38. The van der Waals surface area contributed by atoms with E-state index in [-0.39, 0.29) is 0 Å². The lowest BCUT2D eigenvalue weighted by atomic mass is 9.94. The summed E-state index contributed by atoms with van der Waals surface area (Å²) in [7, 11) is 0. The Kier molecular flexibility index (Phi) is 5.40. The highest BCUT2D eigenvalue weighted by molar-refractivity contribution is 5.90. The normalized spacial score (nSPS) is 16.3. The molecule has 0 fully saturated rings. The van der Waals surface area contributed by atoms with Crippen LogP contribution in [0.25, 0.3) is 0 Å². The van der Waals surface area contributed by atoms with Crippen LogP contribution in [0, 0.1) is 0 Å². The second kappa shape index (κ2) is 7.29. The first-order valence-electron chi connectivity index (χ1n) is 7.40. The highest BCUT2D eigenvalue weighted by atomic mass is 15.1. The summed E-state index contributed by atoms with van der Waals surface area (Å²) in [4.78, 5) is 7.11. The van der Waals surface area contributed by atoms with Crippen molar-refractivity contribution >= 4 is 5.84 Å². The molecule has 1 aromatic rings. The van der Waals surface area contributed by atoms with Gasteiger partial charge in [-0.2, -0.15) is 0 Å². The van der Waals surface area contributed by atoms with Gasteiger partial charge in [-0.3, -0.25) is 4.99 Å². The molecule has 0 radical (unpaired) electrons. The van der Waals surface area contributed by atoms with Crippen LogP contribution in [0.3, 0.4) is 0 Å². The number of rotatable bonds is 7. The molecule has 2 rings (SSSR count). The zero-order chi connectivity index (χ0) is 13.5. The lowest BCUT2D eigenvalue weighted by Gasteiger charge is -2.23. The number of hydrogen-bond donors (Lipinski definition) is 1. The van der Waals surface area contributed by atoms with Crippen molar-refractivity contribution in [2.24, 2.45) is 4.99 Å². The molecule has 19 heavy (non-hydrogen) atoms. The Morgan fingerprint density at radius 3 is 2.53 bits per heavy atom. The second-order valence-corrected chi connectivity index (χ2v) is 4.97. The van der Waals surface area contributed by atoms with Gasteiger partial charge in [0.2, 0.25) is 0 Å².